The number of hydrogen-bond donors (Lipinski definition) is 2. The molecule has 0 aromatic heterocycles. The van der Waals surface area contributed by atoms with Gasteiger partial charge in [0.05, 0.1) is 11.0 Å². The van der Waals surface area contributed by atoms with Gasteiger partial charge in [-0.3, -0.25) is 5.21 Å². The Bertz CT molecular complexity index is 952. The average Bonchev–Trinajstić information content (AvgIpc) is 2.95. The minimum atomic E-state index is -0.788. The molecule has 0 aliphatic carbocycles. The molecule has 6 nitrogen and oxygen atoms in total. The lowest BCUT2D eigenvalue weighted by atomic mass is 10.1. The van der Waals surface area contributed by atoms with Gasteiger partial charge in [0.15, 0.2) is 10.5 Å². The van der Waals surface area contributed by atoms with Gasteiger partial charge in [0, 0.05) is 15.6 Å². The van der Waals surface area contributed by atoms with Gasteiger partial charge in [0.1, 0.15) is 0 Å². The molecule has 0 bridgehead atoms. The number of thioether (sulfide) groups is 2. The molecule has 0 spiro atoms. The Balaban J connectivity index is 1.79. The van der Waals surface area contributed by atoms with Crippen LogP contribution in [0.4, 0.5) is 10.5 Å². The van der Waals surface area contributed by atoms with Crippen LogP contribution in [0.3, 0.4) is 0 Å². The molecular weight excluding hydrogens is 460 g/mol. The molecule has 0 saturated carbocycles. The molecule has 1 atom stereocenters. The number of amides is 2. The molecular formula is C20H21ClN4O2S3. The Morgan fingerprint density at radius 2 is 1.93 bits per heavy atom. The smallest absolute Gasteiger partial charge is 0.306 e. The summed E-state index contributed by atoms with van der Waals surface area (Å²) in [5.74, 6) is 0. The molecule has 1 heterocycles. The van der Waals surface area contributed by atoms with E-state index in [0.717, 1.165) is 10.5 Å². The first-order valence-electron chi connectivity index (χ1n) is 8.96. The van der Waals surface area contributed by atoms with Crippen LogP contribution in [0.25, 0.3) is 0 Å². The van der Waals surface area contributed by atoms with Crippen LogP contribution in [0.2, 0.25) is 5.02 Å². The Morgan fingerprint density at radius 3 is 2.53 bits per heavy atom. The Kier molecular flexibility index (Phi) is 7.30. The molecule has 1 aliphatic rings. The van der Waals surface area contributed by atoms with Gasteiger partial charge in [0.25, 0.3) is 0 Å². The maximum absolute atomic E-state index is 12.7. The van der Waals surface area contributed by atoms with Crippen LogP contribution in [0, 0.1) is 0 Å². The van der Waals surface area contributed by atoms with Gasteiger partial charge < -0.3 is 5.32 Å². The number of carbonyl (C=O) groups excluding carboxylic acids is 1. The molecule has 1 fully saturated rings. The van der Waals surface area contributed by atoms with Crippen LogP contribution in [0.15, 0.2) is 58.5 Å². The number of halogens is 1. The highest BCUT2D eigenvalue weighted by Gasteiger charge is 2.50. The molecule has 2 aromatic rings. The number of hydroxylamine groups is 2. The number of benzene rings is 2. The van der Waals surface area contributed by atoms with Crippen LogP contribution in [-0.4, -0.2) is 49.0 Å². The Morgan fingerprint density at radius 1 is 1.30 bits per heavy atom. The second kappa shape index (κ2) is 9.57. The van der Waals surface area contributed by atoms with Gasteiger partial charge in [-0.25, -0.2) is 9.80 Å². The fraction of sp³-hybridized carbons (Fsp3) is 0.250. The lowest BCUT2D eigenvalue weighted by Gasteiger charge is -2.34. The summed E-state index contributed by atoms with van der Waals surface area (Å²) in [4.78, 5) is 13.8. The summed E-state index contributed by atoms with van der Waals surface area (Å²) in [6.45, 7) is 3.80. The van der Waals surface area contributed by atoms with Crippen LogP contribution in [0.5, 0.6) is 0 Å². The summed E-state index contributed by atoms with van der Waals surface area (Å²) >= 11 is 14.4. The standard InChI is InChI=1S/C20H21ClN4O2S3/c1-20(2)17(25(27)18(26)23-15-8-6-14(21)7-9-15)24(19(28)30-20)22-12-13-4-10-16(29-3)11-5-13/h4-12,17,27H,1-3H3,(H,23,26)/b22-12-/t17-/m1/s1. The summed E-state index contributed by atoms with van der Waals surface area (Å²) in [5.41, 5.74) is 1.40. The van der Waals surface area contributed by atoms with Crippen molar-refractivity contribution >= 4 is 69.6 Å². The zero-order chi connectivity index (χ0) is 21.9. The highest BCUT2D eigenvalue weighted by molar-refractivity contribution is 8.24. The first-order valence-corrected chi connectivity index (χ1v) is 11.8. The fourth-order valence-electron chi connectivity index (χ4n) is 2.87. The maximum atomic E-state index is 12.7. The average molecular weight is 481 g/mol. The fourth-order valence-corrected chi connectivity index (χ4v) is 5.19. The van der Waals surface area contributed by atoms with E-state index in [1.165, 1.54) is 16.8 Å². The number of thiocarbonyl (C=S) groups is 1. The van der Waals surface area contributed by atoms with E-state index >= 15 is 0 Å². The molecule has 30 heavy (non-hydrogen) atoms. The Labute approximate surface area is 194 Å². The van der Waals surface area contributed by atoms with E-state index in [1.807, 2.05) is 44.4 Å². The number of nitrogens with zero attached hydrogens (tertiary/aromatic N) is 3. The molecule has 0 unspecified atom stereocenters. The number of nitrogens with one attached hydrogen (secondary N) is 1. The molecule has 10 heteroatoms. The molecule has 1 aliphatic heterocycles. The van der Waals surface area contributed by atoms with Gasteiger partial charge in [-0.2, -0.15) is 10.2 Å². The molecule has 0 radical (unpaired) electrons. The van der Waals surface area contributed by atoms with E-state index in [2.05, 4.69) is 10.4 Å². The summed E-state index contributed by atoms with van der Waals surface area (Å²) < 4.78 is -0.108. The van der Waals surface area contributed by atoms with Gasteiger partial charge in [-0.15, -0.1) is 11.8 Å². The van der Waals surface area contributed by atoms with E-state index in [9.17, 15) is 10.0 Å². The molecule has 158 valence electrons. The van der Waals surface area contributed by atoms with Crippen LogP contribution >= 0.6 is 47.3 Å². The van der Waals surface area contributed by atoms with Crippen molar-refractivity contribution in [3.63, 3.8) is 0 Å². The number of carbonyl (C=O) groups is 1. The summed E-state index contributed by atoms with van der Waals surface area (Å²) in [5, 5.41) is 20.5. The van der Waals surface area contributed by atoms with Crippen molar-refractivity contribution in [1.29, 1.82) is 0 Å². The zero-order valence-electron chi connectivity index (χ0n) is 16.6. The summed E-state index contributed by atoms with van der Waals surface area (Å²) in [6.07, 6.45) is 2.89. The highest BCUT2D eigenvalue weighted by atomic mass is 35.5. The number of hydrazone groups is 1. The quantitative estimate of drug-likeness (QED) is 0.186. The van der Waals surface area contributed by atoms with Gasteiger partial charge >= 0.3 is 6.03 Å². The minimum absolute atomic E-state index is 0.473. The molecule has 3 rings (SSSR count). The second-order valence-electron chi connectivity index (χ2n) is 6.99. The number of urea groups is 1. The first-order chi connectivity index (χ1) is 14.2. The second-order valence-corrected chi connectivity index (χ2v) is 10.6. The van der Waals surface area contributed by atoms with Crippen molar-refractivity contribution in [1.82, 2.24) is 10.1 Å². The van der Waals surface area contributed by atoms with Gasteiger partial charge in [0.2, 0.25) is 0 Å². The molecule has 2 aromatic carbocycles. The van der Waals surface area contributed by atoms with Crippen LogP contribution in [-0.2, 0) is 0 Å². The van der Waals surface area contributed by atoms with E-state index < -0.39 is 16.9 Å². The van der Waals surface area contributed by atoms with Gasteiger partial charge in [-0.05, 0) is 62.1 Å². The van der Waals surface area contributed by atoms with Crippen molar-refractivity contribution in [2.24, 2.45) is 5.10 Å². The third kappa shape index (κ3) is 5.28. The SMILES string of the molecule is CSc1ccc(/C=N\N2C(=S)SC(C)(C)[C@H]2N(O)C(=O)Nc2ccc(Cl)cc2)cc1. The number of hydrogen-bond acceptors (Lipinski definition) is 6. The van der Waals surface area contributed by atoms with Crippen molar-refractivity contribution in [3.05, 3.63) is 59.1 Å². The molecule has 2 N–H and O–H groups in total. The summed E-state index contributed by atoms with van der Waals surface area (Å²) in [7, 11) is 0. The predicted molar refractivity (Wildman–Crippen MR) is 130 cm³/mol. The van der Waals surface area contributed by atoms with Crippen LogP contribution < -0.4 is 5.32 Å². The predicted octanol–water partition coefficient (Wildman–Crippen LogP) is 5.76. The van der Waals surface area contributed by atoms with Crippen LogP contribution in [0.1, 0.15) is 19.4 Å². The largest absolute Gasteiger partial charge is 0.347 e. The van der Waals surface area contributed by atoms with Crippen molar-refractivity contribution in [2.75, 3.05) is 11.6 Å². The Hall–Kier alpha value is -1.78. The third-order valence-corrected chi connectivity index (χ3v) is 6.90. The number of rotatable bonds is 5. The van der Waals surface area contributed by atoms with Crippen molar-refractivity contribution in [3.8, 4) is 0 Å². The summed E-state index contributed by atoms with van der Waals surface area (Å²) in [6, 6.07) is 13.8. The lowest BCUT2D eigenvalue weighted by Crippen LogP contribution is -2.54. The molecule has 2 amide bonds. The zero-order valence-corrected chi connectivity index (χ0v) is 19.8. The monoisotopic (exact) mass is 480 g/mol. The normalized spacial score (nSPS) is 18.1. The van der Waals surface area contributed by atoms with Crippen molar-refractivity contribution < 1.29 is 10.0 Å². The lowest BCUT2D eigenvalue weighted by molar-refractivity contribution is -0.114. The van der Waals surface area contributed by atoms with Crippen molar-refractivity contribution in [2.45, 2.75) is 29.7 Å². The van der Waals surface area contributed by atoms with E-state index in [-0.39, 0.29) is 0 Å². The first kappa shape index (κ1) is 22.9. The maximum Gasteiger partial charge on any atom is 0.347 e. The highest BCUT2D eigenvalue weighted by Crippen LogP contribution is 2.42. The van der Waals surface area contributed by atoms with E-state index in [1.54, 1.807) is 42.2 Å². The number of anilines is 1. The van der Waals surface area contributed by atoms with Gasteiger partial charge in [-0.1, -0.05) is 47.7 Å². The topological polar surface area (TPSA) is 68.2 Å². The third-order valence-electron chi connectivity index (χ3n) is 4.37. The van der Waals surface area contributed by atoms with E-state index in [0.29, 0.717) is 20.1 Å². The minimum Gasteiger partial charge on any atom is -0.306 e. The van der Waals surface area contributed by atoms with E-state index in [4.69, 9.17) is 23.8 Å². The molecule has 1 saturated heterocycles.